The second-order valence-electron chi connectivity index (χ2n) is 6.77. The lowest BCUT2D eigenvalue weighted by molar-refractivity contribution is -0.121. The Labute approximate surface area is 158 Å². The molecule has 2 aliphatic heterocycles. The lowest BCUT2D eigenvalue weighted by Gasteiger charge is -2.15. The van der Waals surface area contributed by atoms with Gasteiger partial charge in [-0.2, -0.15) is 0 Å². The Balaban J connectivity index is 1.70. The van der Waals surface area contributed by atoms with Gasteiger partial charge in [0, 0.05) is 18.3 Å². The van der Waals surface area contributed by atoms with Gasteiger partial charge in [-0.1, -0.05) is 25.1 Å². The third-order valence-corrected chi connectivity index (χ3v) is 5.15. The number of rotatable bonds is 4. The minimum Gasteiger partial charge on any atom is -0.362 e. The number of hydrogen-bond donors (Lipinski definition) is 1. The summed E-state index contributed by atoms with van der Waals surface area (Å²) in [7, 11) is 0. The minimum atomic E-state index is -0.517. The summed E-state index contributed by atoms with van der Waals surface area (Å²) in [5.41, 5.74) is 5.31. The van der Waals surface area contributed by atoms with Crippen molar-refractivity contribution in [2.24, 2.45) is 10.9 Å². The molecule has 0 aliphatic carbocycles. The topological polar surface area (TPSA) is 65.5 Å². The van der Waals surface area contributed by atoms with E-state index < -0.39 is 5.92 Å². The quantitative estimate of drug-likeness (QED) is 0.835. The smallest absolute Gasteiger partial charge is 0.243 e. The molecule has 1 aromatic heterocycles. The molecule has 4 rings (SSSR count). The summed E-state index contributed by atoms with van der Waals surface area (Å²) in [6, 6.07) is 13.0. The van der Waals surface area contributed by atoms with Crippen molar-refractivity contribution < 1.29 is 9.59 Å². The highest BCUT2D eigenvalue weighted by Crippen LogP contribution is 2.36. The first kappa shape index (κ1) is 17.2. The number of carbonyl (C=O) groups excluding carboxylic acids is 2. The lowest BCUT2D eigenvalue weighted by atomic mass is 9.92. The first-order chi connectivity index (χ1) is 13.1. The van der Waals surface area contributed by atoms with Gasteiger partial charge in [0.25, 0.3) is 0 Å². The molecule has 2 aromatic rings. The molecule has 1 N–H and O–H groups in total. The molecule has 0 saturated carbocycles. The molecule has 2 aliphatic rings. The number of nitrogens with one attached hydrogen (secondary N) is 1. The average Bonchev–Trinajstić information content (AvgIpc) is 3.36. The first-order valence-corrected chi connectivity index (χ1v) is 9.16. The van der Waals surface area contributed by atoms with Crippen molar-refractivity contribution in [2.45, 2.75) is 26.7 Å². The lowest BCUT2D eigenvalue weighted by Crippen LogP contribution is -2.32. The highest BCUT2D eigenvalue weighted by atomic mass is 16.2. The van der Waals surface area contributed by atoms with Gasteiger partial charge in [0.1, 0.15) is 0 Å². The van der Waals surface area contributed by atoms with E-state index in [1.54, 1.807) is 12.1 Å². The molecule has 0 radical (unpaired) electrons. The van der Waals surface area contributed by atoms with Crippen LogP contribution in [0.25, 0.3) is 6.08 Å². The van der Waals surface area contributed by atoms with Crippen LogP contribution in [0.2, 0.25) is 0 Å². The van der Waals surface area contributed by atoms with Crippen LogP contribution < -0.4 is 4.90 Å². The van der Waals surface area contributed by atoms with Crippen molar-refractivity contribution in [3.05, 3.63) is 71.2 Å². The van der Waals surface area contributed by atoms with Gasteiger partial charge < -0.3 is 4.98 Å². The second kappa shape index (κ2) is 6.83. The van der Waals surface area contributed by atoms with Crippen LogP contribution in [0, 0.1) is 5.92 Å². The maximum atomic E-state index is 13.1. The zero-order chi connectivity index (χ0) is 19.0. The highest BCUT2D eigenvalue weighted by Gasteiger charge is 2.44. The van der Waals surface area contributed by atoms with Gasteiger partial charge in [0.15, 0.2) is 0 Å². The molecular formula is C22H21N3O2. The van der Waals surface area contributed by atoms with Gasteiger partial charge in [-0.3, -0.25) is 14.6 Å². The first-order valence-electron chi connectivity index (χ1n) is 9.16. The molecule has 5 heteroatoms. The molecule has 1 fully saturated rings. The molecule has 2 amide bonds. The number of para-hydroxylation sites is 1. The van der Waals surface area contributed by atoms with Crippen LogP contribution >= 0.6 is 0 Å². The van der Waals surface area contributed by atoms with Crippen LogP contribution in [0.15, 0.2) is 70.5 Å². The van der Waals surface area contributed by atoms with E-state index in [-0.39, 0.29) is 18.2 Å². The number of benzene rings is 1. The summed E-state index contributed by atoms with van der Waals surface area (Å²) in [4.78, 5) is 34.9. The number of imide groups is 1. The van der Waals surface area contributed by atoms with Crippen LogP contribution in [0.4, 0.5) is 5.69 Å². The monoisotopic (exact) mass is 359 g/mol. The fourth-order valence-electron chi connectivity index (χ4n) is 3.78. The normalized spacial score (nSPS) is 21.6. The van der Waals surface area contributed by atoms with E-state index in [9.17, 15) is 9.59 Å². The maximum Gasteiger partial charge on any atom is 0.243 e. The minimum absolute atomic E-state index is 0.166. The third kappa shape index (κ3) is 2.95. The summed E-state index contributed by atoms with van der Waals surface area (Å²) in [6.07, 6.45) is 4.78. The van der Waals surface area contributed by atoms with Crippen LogP contribution in [0.1, 0.15) is 32.4 Å². The van der Waals surface area contributed by atoms with Crippen molar-refractivity contribution in [1.29, 1.82) is 0 Å². The Morgan fingerprint density at radius 1 is 1.19 bits per heavy atom. The molecular weight excluding hydrogens is 338 g/mol. The van der Waals surface area contributed by atoms with Gasteiger partial charge in [0.05, 0.1) is 23.0 Å². The third-order valence-electron chi connectivity index (χ3n) is 5.15. The number of allylic oxidation sites excluding steroid dienone is 2. The summed E-state index contributed by atoms with van der Waals surface area (Å²) >= 11 is 0. The van der Waals surface area contributed by atoms with Crippen molar-refractivity contribution in [3.63, 3.8) is 0 Å². The van der Waals surface area contributed by atoms with E-state index in [4.69, 9.17) is 4.99 Å². The molecule has 27 heavy (non-hydrogen) atoms. The SMILES string of the molecule is CCC1=C(C)/C(=C\c2ccc[nH]2)N=C1C1CC(=O)N(c2ccccc2)C1=O. The molecule has 136 valence electrons. The Hall–Kier alpha value is -3.21. The maximum absolute atomic E-state index is 13.1. The molecule has 0 spiro atoms. The van der Waals surface area contributed by atoms with Crippen molar-refractivity contribution in [1.82, 2.24) is 4.98 Å². The molecule has 5 nitrogen and oxygen atoms in total. The predicted molar refractivity (Wildman–Crippen MR) is 106 cm³/mol. The summed E-state index contributed by atoms with van der Waals surface area (Å²) in [5.74, 6) is -0.879. The van der Waals surface area contributed by atoms with E-state index in [0.29, 0.717) is 5.69 Å². The summed E-state index contributed by atoms with van der Waals surface area (Å²) in [6.45, 7) is 4.09. The zero-order valence-corrected chi connectivity index (χ0v) is 15.4. The molecule has 1 unspecified atom stereocenters. The van der Waals surface area contributed by atoms with E-state index in [1.165, 1.54) is 4.90 Å². The number of amides is 2. The average molecular weight is 359 g/mol. The zero-order valence-electron chi connectivity index (χ0n) is 15.4. The molecule has 3 heterocycles. The molecule has 0 bridgehead atoms. The molecule has 1 saturated heterocycles. The number of aromatic amines is 1. The Bertz CT molecular complexity index is 982. The summed E-state index contributed by atoms with van der Waals surface area (Å²) in [5, 5.41) is 0. The Kier molecular flexibility index (Phi) is 4.36. The van der Waals surface area contributed by atoms with Gasteiger partial charge in [-0.15, -0.1) is 0 Å². The highest BCUT2D eigenvalue weighted by molar-refractivity contribution is 6.30. The number of carbonyl (C=O) groups is 2. The standard InChI is InChI=1S/C22H21N3O2/c1-3-17-14(2)19(12-15-8-7-11-23-15)24-21(17)18-13-20(26)25(22(18)27)16-9-5-4-6-10-16/h4-12,18,23H,3,13H2,1-2H3/b19-12+. The number of H-pyrrole nitrogens is 1. The Morgan fingerprint density at radius 2 is 1.96 bits per heavy atom. The summed E-state index contributed by atoms with van der Waals surface area (Å²) < 4.78 is 0. The van der Waals surface area contributed by atoms with Gasteiger partial charge >= 0.3 is 0 Å². The van der Waals surface area contributed by atoms with E-state index in [0.717, 1.165) is 34.7 Å². The van der Waals surface area contributed by atoms with E-state index in [2.05, 4.69) is 11.9 Å². The number of nitrogens with zero attached hydrogens (tertiary/aromatic N) is 2. The van der Waals surface area contributed by atoms with Crippen LogP contribution in [-0.4, -0.2) is 22.5 Å². The fourth-order valence-corrected chi connectivity index (χ4v) is 3.78. The molecule has 1 aromatic carbocycles. The van der Waals surface area contributed by atoms with Crippen molar-refractivity contribution in [3.8, 4) is 0 Å². The number of aromatic nitrogens is 1. The predicted octanol–water partition coefficient (Wildman–Crippen LogP) is 4.12. The second-order valence-corrected chi connectivity index (χ2v) is 6.77. The van der Waals surface area contributed by atoms with E-state index >= 15 is 0 Å². The van der Waals surface area contributed by atoms with Gasteiger partial charge in [-0.25, -0.2) is 4.90 Å². The molecule has 1 atom stereocenters. The van der Waals surface area contributed by atoms with Crippen molar-refractivity contribution >= 4 is 29.3 Å². The number of aliphatic imine (C=N–C) groups is 1. The van der Waals surface area contributed by atoms with Gasteiger partial charge in [0.2, 0.25) is 11.8 Å². The van der Waals surface area contributed by atoms with Crippen LogP contribution in [-0.2, 0) is 9.59 Å². The van der Waals surface area contributed by atoms with Crippen molar-refractivity contribution in [2.75, 3.05) is 4.90 Å². The number of hydrogen-bond acceptors (Lipinski definition) is 3. The van der Waals surface area contributed by atoms with Crippen LogP contribution in [0.3, 0.4) is 0 Å². The largest absolute Gasteiger partial charge is 0.362 e. The van der Waals surface area contributed by atoms with E-state index in [1.807, 2.05) is 49.5 Å². The Morgan fingerprint density at radius 3 is 2.63 bits per heavy atom. The van der Waals surface area contributed by atoms with Gasteiger partial charge in [-0.05, 0) is 54.8 Å². The fraction of sp³-hybridized carbons (Fsp3) is 0.227. The number of anilines is 1. The van der Waals surface area contributed by atoms with Crippen LogP contribution in [0.5, 0.6) is 0 Å².